The van der Waals surface area contributed by atoms with Gasteiger partial charge in [-0.1, -0.05) is 25.7 Å². The Kier molecular flexibility index (Phi) is 5.39. The number of hydrogen-bond donors (Lipinski definition) is 2. The van der Waals surface area contributed by atoms with Gasteiger partial charge in [-0.25, -0.2) is 4.39 Å². The molecular weight excluding hydrogens is 255 g/mol. The van der Waals surface area contributed by atoms with E-state index in [1.54, 1.807) is 12.1 Å². The van der Waals surface area contributed by atoms with Crippen molar-refractivity contribution < 1.29 is 9.18 Å². The molecule has 1 aliphatic carbocycles. The molecule has 0 spiro atoms. The Balaban J connectivity index is 1.95. The van der Waals surface area contributed by atoms with Crippen LogP contribution in [0.25, 0.3) is 0 Å². The van der Waals surface area contributed by atoms with Gasteiger partial charge in [0.05, 0.1) is 5.69 Å². The highest BCUT2D eigenvalue weighted by molar-refractivity contribution is 5.89. The fourth-order valence-electron chi connectivity index (χ4n) is 2.76. The van der Waals surface area contributed by atoms with Crippen molar-refractivity contribution in [2.45, 2.75) is 45.4 Å². The van der Waals surface area contributed by atoms with Crippen LogP contribution in [0.15, 0.2) is 18.2 Å². The number of benzene rings is 1. The molecule has 1 aromatic carbocycles. The normalized spacial score (nSPS) is 16.5. The molecule has 0 aromatic heterocycles. The minimum atomic E-state index is -0.271. The van der Waals surface area contributed by atoms with Crippen LogP contribution in [0.2, 0.25) is 0 Å². The molecule has 1 saturated carbocycles. The Bertz CT molecular complexity index is 454. The Morgan fingerprint density at radius 1 is 1.25 bits per heavy atom. The van der Waals surface area contributed by atoms with Crippen LogP contribution in [0.3, 0.4) is 0 Å². The average molecular weight is 278 g/mol. The van der Waals surface area contributed by atoms with Crippen molar-refractivity contribution >= 4 is 17.3 Å². The molecule has 0 unspecified atom stereocenters. The number of amides is 1. The summed E-state index contributed by atoms with van der Waals surface area (Å²) >= 11 is 0. The van der Waals surface area contributed by atoms with E-state index in [0.717, 1.165) is 6.54 Å². The van der Waals surface area contributed by atoms with Crippen molar-refractivity contribution in [1.29, 1.82) is 0 Å². The van der Waals surface area contributed by atoms with Gasteiger partial charge >= 0.3 is 0 Å². The van der Waals surface area contributed by atoms with Gasteiger partial charge in [0.15, 0.2) is 0 Å². The molecule has 1 fully saturated rings. The van der Waals surface area contributed by atoms with Crippen LogP contribution in [-0.4, -0.2) is 12.5 Å². The van der Waals surface area contributed by atoms with Gasteiger partial charge in [-0.2, -0.15) is 0 Å². The topological polar surface area (TPSA) is 41.1 Å². The summed E-state index contributed by atoms with van der Waals surface area (Å²) in [4.78, 5) is 11.0. The minimum absolute atomic E-state index is 0.147. The Hall–Kier alpha value is -1.58. The van der Waals surface area contributed by atoms with E-state index in [0.29, 0.717) is 17.3 Å². The predicted molar refractivity (Wildman–Crippen MR) is 80.4 cm³/mol. The maximum absolute atomic E-state index is 13.8. The second-order valence-electron chi connectivity index (χ2n) is 5.61. The van der Waals surface area contributed by atoms with Crippen LogP contribution in [-0.2, 0) is 4.79 Å². The van der Waals surface area contributed by atoms with E-state index in [4.69, 9.17) is 0 Å². The molecule has 0 saturated heterocycles. The van der Waals surface area contributed by atoms with Gasteiger partial charge in [-0.05, 0) is 37.0 Å². The number of hydrogen-bond acceptors (Lipinski definition) is 2. The number of halogens is 1. The van der Waals surface area contributed by atoms with Gasteiger partial charge in [-0.3, -0.25) is 4.79 Å². The van der Waals surface area contributed by atoms with Crippen molar-refractivity contribution in [3.8, 4) is 0 Å². The molecule has 110 valence electrons. The molecule has 0 atom stereocenters. The quantitative estimate of drug-likeness (QED) is 0.812. The van der Waals surface area contributed by atoms with Crippen LogP contribution in [0.5, 0.6) is 0 Å². The van der Waals surface area contributed by atoms with Crippen molar-refractivity contribution in [3.05, 3.63) is 24.0 Å². The highest BCUT2D eigenvalue weighted by atomic mass is 19.1. The van der Waals surface area contributed by atoms with Gasteiger partial charge < -0.3 is 10.6 Å². The first-order valence-electron chi connectivity index (χ1n) is 7.46. The molecule has 0 bridgehead atoms. The number of nitrogens with one attached hydrogen (secondary N) is 2. The molecule has 20 heavy (non-hydrogen) atoms. The van der Waals surface area contributed by atoms with Gasteiger partial charge in [0, 0.05) is 19.2 Å². The van der Waals surface area contributed by atoms with Gasteiger partial charge in [0.1, 0.15) is 5.82 Å². The molecular formula is C16H23FN2O. The summed E-state index contributed by atoms with van der Waals surface area (Å²) in [6.45, 7) is 2.25. The standard InChI is InChI=1S/C16H23FN2O/c1-12(20)19-14-8-9-15(17)16(10-14)18-11-13-6-4-2-3-5-7-13/h8-10,13,18H,2-7,11H2,1H3,(H,19,20). The van der Waals surface area contributed by atoms with Crippen molar-refractivity contribution in [1.82, 2.24) is 0 Å². The third-order valence-corrected chi connectivity index (χ3v) is 3.84. The van der Waals surface area contributed by atoms with E-state index in [1.165, 1.54) is 51.5 Å². The third-order valence-electron chi connectivity index (χ3n) is 3.84. The number of carbonyl (C=O) groups excluding carboxylic acids is 1. The zero-order valence-corrected chi connectivity index (χ0v) is 12.0. The molecule has 2 rings (SSSR count). The number of carbonyl (C=O) groups is 1. The molecule has 1 aliphatic rings. The van der Waals surface area contributed by atoms with Crippen LogP contribution in [0, 0.1) is 11.7 Å². The molecule has 0 heterocycles. The fraction of sp³-hybridized carbons (Fsp3) is 0.562. The lowest BCUT2D eigenvalue weighted by molar-refractivity contribution is -0.114. The summed E-state index contributed by atoms with van der Waals surface area (Å²) in [5.41, 5.74) is 1.10. The van der Waals surface area contributed by atoms with Crippen molar-refractivity contribution in [2.75, 3.05) is 17.2 Å². The van der Waals surface area contributed by atoms with Crippen LogP contribution in [0.1, 0.15) is 45.4 Å². The fourth-order valence-corrected chi connectivity index (χ4v) is 2.76. The first-order valence-corrected chi connectivity index (χ1v) is 7.46. The third kappa shape index (κ3) is 4.51. The Labute approximate surface area is 120 Å². The average Bonchev–Trinajstić information content (AvgIpc) is 2.67. The van der Waals surface area contributed by atoms with E-state index in [1.807, 2.05) is 0 Å². The molecule has 4 heteroatoms. The second-order valence-corrected chi connectivity index (χ2v) is 5.61. The Morgan fingerprint density at radius 3 is 2.60 bits per heavy atom. The van der Waals surface area contributed by atoms with E-state index in [9.17, 15) is 9.18 Å². The van der Waals surface area contributed by atoms with Gasteiger partial charge in [0.25, 0.3) is 0 Å². The summed E-state index contributed by atoms with van der Waals surface area (Å²) < 4.78 is 13.8. The molecule has 0 radical (unpaired) electrons. The number of anilines is 2. The minimum Gasteiger partial charge on any atom is -0.382 e. The first-order chi connectivity index (χ1) is 9.65. The second kappa shape index (κ2) is 7.27. The maximum atomic E-state index is 13.8. The molecule has 2 N–H and O–H groups in total. The molecule has 0 aliphatic heterocycles. The van der Waals surface area contributed by atoms with Gasteiger partial charge in [-0.15, -0.1) is 0 Å². The van der Waals surface area contributed by atoms with Crippen LogP contribution >= 0.6 is 0 Å². The summed E-state index contributed by atoms with van der Waals surface area (Å²) in [5.74, 6) is 0.209. The molecule has 3 nitrogen and oxygen atoms in total. The summed E-state index contributed by atoms with van der Waals surface area (Å²) in [6, 6.07) is 4.63. The van der Waals surface area contributed by atoms with Gasteiger partial charge in [0.2, 0.25) is 5.91 Å². The largest absolute Gasteiger partial charge is 0.382 e. The first kappa shape index (κ1) is 14.8. The van der Waals surface area contributed by atoms with E-state index >= 15 is 0 Å². The highest BCUT2D eigenvalue weighted by Gasteiger charge is 2.13. The Morgan fingerprint density at radius 2 is 1.95 bits per heavy atom. The summed E-state index contributed by atoms with van der Waals surface area (Å²) in [5, 5.41) is 5.87. The zero-order chi connectivity index (χ0) is 14.4. The summed E-state index contributed by atoms with van der Waals surface area (Å²) in [7, 11) is 0. The molecule has 1 amide bonds. The van der Waals surface area contributed by atoms with Crippen LogP contribution < -0.4 is 10.6 Å². The highest BCUT2D eigenvalue weighted by Crippen LogP contribution is 2.25. The van der Waals surface area contributed by atoms with E-state index in [2.05, 4.69) is 10.6 Å². The van der Waals surface area contributed by atoms with Crippen molar-refractivity contribution in [2.24, 2.45) is 5.92 Å². The number of rotatable bonds is 4. The van der Waals surface area contributed by atoms with E-state index < -0.39 is 0 Å². The van der Waals surface area contributed by atoms with Crippen molar-refractivity contribution in [3.63, 3.8) is 0 Å². The SMILES string of the molecule is CC(=O)Nc1ccc(F)c(NCC2CCCCCC2)c1. The predicted octanol–water partition coefficient (Wildman–Crippen LogP) is 4.17. The lowest BCUT2D eigenvalue weighted by atomic mass is 10.0. The lowest BCUT2D eigenvalue weighted by Crippen LogP contribution is -2.15. The van der Waals surface area contributed by atoms with Crippen LogP contribution in [0.4, 0.5) is 15.8 Å². The monoisotopic (exact) mass is 278 g/mol. The maximum Gasteiger partial charge on any atom is 0.221 e. The smallest absolute Gasteiger partial charge is 0.221 e. The van der Waals surface area contributed by atoms with E-state index in [-0.39, 0.29) is 11.7 Å². The zero-order valence-electron chi connectivity index (χ0n) is 12.0. The lowest BCUT2D eigenvalue weighted by Gasteiger charge is -2.16. The molecule has 1 aromatic rings. The summed E-state index contributed by atoms with van der Waals surface area (Å²) in [6.07, 6.45) is 7.65.